The fourth-order valence-electron chi connectivity index (χ4n) is 2.98. The molecule has 0 bridgehead atoms. The normalized spacial score (nSPS) is 12.0. The molecule has 0 saturated carbocycles. The molecule has 3 heteroatoms. The molecule has 0 aliphatic rings. The molecule has 0 heterocycles. The Bertz CT molecular complexity index is 214. The highest BCUT2D eigenvalue weighted by atomic mass is 79.9. The number of hydrogen-bond donors (Lipinski definition) is 0. The van der Waals surface area contributed by atoms with Crippen LogP contribution >= 0.6 is 30.6 Å². The van der Waals surface area contributed by atoms with Crippen LogP contribution in [0, 0.1) is 0 Å². The Balaban J connectivity index is 3.00. The third-order valence-corrected chi connectivity index (χ3v) is 8.08. The molecule has 0 aromatic heterocycles. The molecule has 0 rings (SSSR count). The molecule has 0 aromatic rings. The Morgan fingerprint density at radius 2 is 0.773 bits per heavy atom. The lowest BCUT2D eigenvalue weighted by Crippen LogP contribution is -2.09. The summed E-state index contributed by atoms with van der Waals surface area (Å²) >= 11 is 7.56. The molecular formula is C19H40Br2Si. The second-order valence-electron chi connectivity index (χ2n) is 7.12. The fraction of sp³-hybridized carbons (Fsp3) is 1.00. The number of unbranched alkanes of at least 4 members (excludes halogenated alkanes) is 15. The van der Waals surface area contributed by atoms with Gasteiger partial charge >= 0.3 is 0 Å². The zero-order valence-electron chi connectivity index (χ0n) is 15.3. The summed E-state index contributed by atoms with van der Waals surface area (Å²) in [5.74, 6) is 0. The predicted octanol–water partition coefficient (Wildman–Crippen LogP) is 9.11. The summed E-state index contributed by atoms with van der Waals surface area (Å²) in [6.07, 6.45) is 23.3. The van der Waals surface area contributed by atoms with Crippen molar-refractivity contribution in [2.75, 3.05) is 0 Å². The summed E-state index contributed by atoms with van der Waals surface area (Å²) in [6, 6.07) is 1.37. The molecule has 0 atom stereocenters. The molecule has 0 amide bonds. The SMILES string of the molecule is CCCCCCCCCCCCCCCCCC[Si](C)(Br)Br. The molecule has 0 nitrogen and oxygen atoms in total. The van der Waals surface area contributed by atoms with Crippen molar-refractivity contribution < 1.29 is 0 Å². The van der Waals surface area contributed by atoms with Gasteiger partial charge in [-0.3, -0.25) is 0 Å². The molecule has 0 unspecified atom stereocenters. The molecule has 134 valence electrons. The van der Waals surface area contributed by atoms with Gasteiger partial charge in [0.1, 0.15) is 0 Å². The summed E-state index contributed by atoms with van der Waals surface area (Å²) in [4.78, 5) is 0. The van der Waals surface area contributed by atoms with Gasteiger partial charge in [-0.05, 0) is 6.04 Å². The van der Waals surface area contributed by atoms with Crippen LogP contribution in [-0.4, -0.2) is 5.31 Å². The molecular weight excluding hydrogens is 416 g/mol. The first-order valence-electron chi connectivity index (χ1n) is 9.94. The van der Waals surface area contributed by atoms with E-state index in [0.717, 1.165) is 0 Å². The van der Waals surface area contributed by atoms with Gasteiger partial charge in [-0.25, -0.2) is 0 Å². The van der Waals surface area contributed by atoms with Gasteiger partial charge in [-0.15, -0.1) is 30.6 Å². The highest BCUT2D eigenvalue weighted by Gasteiger charge is 2.17. The van der Waals surface area contributed by atoms with Crippen molar-refractivity contribution in [3.8, 4) is 0 Å². The lowest BCUT2D eigenvalue weighted by molar-refractivity contribution is 0.531. The molecule has 0 spiro atoms. The van der Waals surface area contributed by atoms with Crippen LogP contribution in [0.3, 0.4) is 0 Å². The van der Waals surface area contributed by atoms with E-state index in [1.165, 1.54) is 109 Å². The van der Waals surface area contributed by atoms with Crippen LogP contribution in [0.25, 0.3) is 0 Å². The van der Waals surface area contributed by atoms with Gasteiger partial charge in [-0.1, -0.05) is 116 Å². The van der Waals surface area contributed by atoms with E-state index in [1.807, 2.05) is 0 Å². The second kappa shape index (κ2) is 17.0. The zero-order valence-corrected chi connectivity index (χ0v) is 19.4. The molecule has 0 saturated heterocycles. The fourth-order valence-corrected chi connectivity index (χ4v) is 5.54. The number of halogens is 2. The van der Waals surface area contributed by atoms with Crippen LogP contribution in [0.5, 0.6) is 0 Å². The number of hydrogen-bond acceptors (Lipinski definition) is 0. The molecule has 0 aromatic carbocycles. The van der Waals surface area contributed by atoms with Crippen LogP contribution in [-0.2, 0) is 0 Å². The average Bonchev–Trinajstić information content (AvgIpc) is 2.45. The van der Waals surface area contributed by atoms with E-state index in [-0.39, 0.29) is 0 Å². The van der Waals surface area contributed by atoms with Gasteiger partial charge < -0.3 is 0 Å². The lowest BCUT2D eigenvalue weighted by atomic mass is 10.0. The number of rotatable bonds is 17. The van der Waals surface area contributed by atoms with Gasteiger partial charge in [0.05, 0.1) is 0 Å². The molecule has 22 heavy (non-hydrogen) atoms. The smallest absolute Gasteiger partial charge is 0.111 e. The van der Waals surface area contributed by atoms with E-state index in [0.29, 0.717) is 0 Å². The van der Waals surface area contributed by atoms with Crippen molar-refractivity contribution in [2.45, 2.75) is 122 Å². The van der Waals surface area contributed by atoms with E-state index >= 15 is 0 Å². The topological polar surface area (TPSA) is 0 Å². The Morgan fingerprint density at radius 3 is 1.05 bits per heavy atom. The van der Waals surface area contributed by atoms with Gasteiger partial charge in [-0.2, -0.15) is 0 Å². The minimum atomic E-state index is -1.14. The van der Waals surface area contributed by atoms with E-state index in [2.05, 4.69) is 44.1 Å². The highest BCUT2D eigenvalue weighted by molar-refractivity contribution is 9.51. The first-order chi connectivity index (χ1) is 10.6. The van der Waals surface area contributed by atoms with Crippen molar-refractivity contribution >= 4 is 35.9 Å². The third kappa shape index (κ3) is 21.2. The maximum atomic E-state index is 3.78. The predicted molar refractivity (Wildman–Crippen MR) is 114 cm³/mol. The van der Waals surface area contributed by atoms with Crippen LogP contribution in [0.4, 0.5) is 0 Å². The van der Waals surface area contributed by atoms with Crippen molar-refractivity contribution in [1.82, 2.24) is 0 Å². The Hall–Kier alpha value is 1.18. The Kier molecular flexibility index (Phi) is 17.9. The molecule has 0 fully saturated rings. The molecule has 0 radical (unpaired) electrons. The van der Waals surface area contributed by atoms with Crippen LogP contribution in [0.1, 0.15) is 110 Å². The quantitative estimate of drug-likeness (QED) is 0.116. The van der Waals surface area contributed by atoms with Gasteiger partial charge in [0.15, 0.2) is 5.31 Å². The lowest BCUT2D eigenvalue weighted by Gasteiger charge is -2.10. The first kappa shape index (κ1) is 23.2. The average molecular weight is 456 g/mol. The standard InChI is InChI=1S/C19H40Br2Si/c1-3-4-5-6-7-8-9-10-11-12-13-14-15-16-17-18-19-22(2,20)21/h3-19H2,1-2H3. The summed E-state index contributed by atoms with van der Waals surface area (Å²) in [5.41, 5.74) is 0. The molecule has 0 N–H and O–H groups in total. The minimum absolute atomic E-state index is 1.14. The molecule has 0 aliphatic carbocycles. The van der Waals surface area contributed by atoms with Crippen molar-refractivity contribution in [3.63, 3.8) is 0 Å². The van der Waals surface area contributed by atoms with E-state index in [1.54, 1.807) is 0 Å². The van der Waals surface area contributed by atoms with E-state index < -0.39 is 5.31 Å². The van der Waals surface area contributed by atoms with Crippen LogP contribution in [0.2, 0.25) is 12.6 Å². The monoisotopic (exact) mass is 454 g/mol. The van der Waals surface area contributed by atoms with E-state index in [9.17, 15) is 0 Å². The van der Waals surface area contributed by atoms with Crippen LogP contribution < -0.4 is 0 Å². The zero-order chi connectivity index (χ0) is 16.5. The maximum Gasteiger partial charge on any atom is 0.198 e. The Morgan fingerprint density at radius 1 is 0.500 bits per heavy atom. The third-order valence-electron chi connectivity index (χ3n) is 4.47. The van der Waals surface area contributed by atoms with Crippen molar-refractivity contribution in [2.24, 2.45) is 0 Å². The Labute approximate surface area is 157 Å². The minimum Gasteiger partial charge on any atom is -0.111 e. The maximum absolute atomic E-state index is 3.78. The summed E-state index contributed by atoms with van der Waals surface area (Å²) in [6.45, 7) is 4.63. The first-order valence-corrected chi connectivity index (χ1v) is 17.2. The van der Waals surface area contributed by atoms with Crippen molar-refractivity contribution in [3.05, 3.63) is 0 Å². The van der Waals surface area contributed by atoms with Gasteiger partial charge in [0.25, 0.3) is 0 Å². The summed E-state index contributed by atoms with van der Waals surface area (Å²) < 4.78 is 0. The largest absolute Gasteiger partial charge is 0.198 e. The summed E-state index contributed by atoms with van der Waals surface area (Å²) in [7, 11) is 0. The van der Waals surface area contributed by atoms with Crippen molar-refractivity contribution in [1.29, 1.82) is 0 Å². The second-order valence-corrected chi connectivity index (χ2v) is 23.5. The van der Waals surface area contributed by atoms with Gasteiger partial charge in [0, 0.05) is 0 Å². The van der Waals surface area contributed by atoms with Crippen LogP contribution in [0.15, 0.2) is 0 Å². The van der Waals surface area contributed by atoms with Gasteiger partial charge in [0.2, 0.25) is 0 Å². The molecule has 0 aliphatic heterocycles. The highest BCUT2D eigenvalue weighted by Crippen LogP contribution is 2.27. The van der Waals surface area contributed by atoms with E-state index in [4.69, 9.17) is 0 Å². The summed E-state index contributed by atoms with van der Waals surface area (Å²) in [5, 5.41) is -1.14.